The van der Waals surface area contributed by atoms with Gasteiger partial charge in [0, 0.05) is 12.1 Å². The number of aromatic nitrogens is 2. The molecule has 1 aromatic rings. The summed E-state index contributed by atoms with van der Waals surface area (Å²) < 4.78 is 4.79. The number of nitrogens with zero attached hydrogens (tertiary/aromatic N) is 2. The number of hydrogen-bond acceptors (Lipinski definition) is 5. The predicted molar refractivity (Wildman–Crippen MR) is 49.8 cm³/mol. The van der Waals surface area contributed by atoms with Gasteiger partial charge in [0.05, 0.1) is 6.20 Å². The molecule has 7 heteroatoms. The highest BCUT2D eigenvalue weighted by molar-refractivity contribution is 6.16. The van der Waals surface area contributed by atoms with Crippen molar-refractivity contribution >= 4 is 17.6 Å². The van der Waals surface area contributed by atoms with Gasteiger partial charge in [-0.25, -0.2) is 4.90 Å². The molecule has 3 N–H and O–H groups in total. The standard InChI is InChI=1S/C8H10N4O3/c9-1-5-2-10-11-8(5)12-6(13)3-15-4-7(12)14/h2H,1,3-4,9H2,(H,10,11). The van der Waals surface area contributed by atoms with Crippen LogP contribution in [0.15, 0.2) is 6.20 Å². The molecule has 1 aliphatic heterocycles. The Morgan fingerprint density at radius 3 is 2.73 bits per heavy atom. The summed E-state index contributed by atoms with van der Waals surface area (Å²) in [4.78, 5) is 24.0. The topological polar surface area (TPSA) is 101 Å². The van der Waals surface area contributed by atoms with E-state index in [-0.39, 0.29) is 19.8 Å². The highest BCUT2D eigenvalue weighted by Crippen LogP contribution is 2.18. The highest BCUT2D eigenvalue weighted by Gasteiger charge is 2.30. The Labute approximate surface area is 85.2 Å². The second kappa shape index (κ2) is 3.79. The summed E-state index contributed by atoms with van der Waals surface area (Å²) in [6, 6.07) is 0. The van der Waals surface area contributed by atoms with Crippen LogP contribution in [0.2, 0.25) is 0 Å². The van der Waals surface area contributed by atoms with E-state index in [9.17, 15) is 9.59 Å². The minimum Gasteiger partial charge on any atom is -0.362 e. The number of imide groups is 1. The fourth-order valence-electron chi connectivity index (χ4n) is 1.39. The van der Waals surface area contributed by atoms with Gasteiger partial charge in [-0.3, -0.25) is 14.7 Å². The lowest BCUT2D eigenvalue weighted by Gasteiger charge is -2.24. The Morgan fingerprint density at radius 1 is 1.47 bits per heavy atom. The van der Waals surface area contributed by atoms with E-state index in [4.69, 9.17) is 10.5 Å². The van der Waals surface area contributed by atoms with Crippen molar-refractivity contribution in [3.05, 3.63) is 11.8 Å². The van der Waals surface area contributed by atoms with Crippen molar-refractivity contribution < 1.29 is 14.3 Å². The van der Waals surface area contributed by atoms with E-state index in [1.165, 1.54) is 6.20 Å². The normalized spacial score (nSPS) is 17.3. The van der Waals surface area contributed by atoms with Crippen molar-refractivity contribution in [2.75, 3.05) is 18.1 Å². The van der Waals surface area contributed by atoms with E-state index < -0.39 is 11.8 Å². The van der Waals surface area contributed by atoms with Crippen molar-refractivity contribution in [3.63, 3.8) is 0 Å². The molecule has 1 fully saturated rings. The Hall–Kier alpha value is -1.73. The van der Waals surface area contributed by atoms with E-state index in [1.54, 1.807) is 0 Å². The average molecular weight is 210 g/mol. The number of nitrogens with two attached hydrogens (primary N) is 1. The molecule has 1 aliphatic rings. The Bertz CT molecular complexity index is 384. The molecule has 1 saturated heterocycles. The van der Waals surface area contributed by atoms with Crippen molar-refractivity contribution in [2.24, 2.45) is 5.73 Å². The van der Waals surface area contributed by atoms with Gasteiger partial charge < -0.3 is 10.5 Å². The maximum Gasteiger partial charge on any atom is 0.261 e. The Morgan fingerprint density at radius 2 is 2.13 bits per heavy atom. The van der Waals surface area contributed by atoms with E-state index in [0.29, 0.717) is 11.4 Å². The molecule has 0 saturated carbocycles. The molecule has 0 bridgehead atoms. The van der Waals surface area contributed by atoms with Gasteiger partial charge >= 0.3 is 0 Å². The first-order valence-corrected chi connectivity index (χ1v) is 4.40. The number of aromatic amines is 1. The smallest absolute Gasteiger partial charge is 0.261 e. The molecule has 80 valence electrons. The van der Waals surface area contributed by atoms with Gasteiger partial charge in [0.25, 0.3) is 11.8 Å². The molecule has 15 heavy (non-hydrogen) atoms. The summed E-state index contributed by atoms with van der Waals surface area (Å²) in [7, 11) is 0. The lowest BCUT2D eigenvalue weighted by Crippen LogP contribution is -2.47. The second-order valence-electron chi connectivity index (χ2n) is 3.06. The minimum absolute atomic E-state index is 0.102. The maximum atomic E-state index is 11.5. The highest BCUT2D eigenvalue weighted by atomic mass is 16.5. The van der Waals surface area contributed by atoms with E-state index >= 15 is 0 Å². The van der Waals surface area contributed by atoms with Crippen LogP contribution < -0.4 is 10.6 Å². The van der Waals surface area contributed by atoms with Gasteiger partial charge in [-0.2, -0.15) is 5.10 Å². The first-order chi connectivity index (χ1) is 7.24. The molecule has 0 aromatic carbocycles. The number of carbonyl (C=O) groups excluding carboxylic acids is 2. The lowest BCUT2D eigenvalue weighted by molar-refractivity contribution is -0.138. The van der Waals surface area contributed by atoms with Crippen LogP contribution in [0.5, 0.6) is 0 Å². The van der Waals surface area contributed by atoms with E-state index in [0.717, 1.165) is 4.90 Å². The number of ether oxygens (including phenoxy) is 1. The first-order valence-electron chi connectivity index (χ1n) is 4.40. The quantitative estimate of drug-likeness (QED) is 0.594. The fourth-order valence-corrected chi connectivity index (χ4v) is 1.39. The average Bonchev–Trinajstić information content (AvgIpc) is 2.65. The van der Waals surface area contributed by atoms with Crippen LogP contribution in [0.3, 0.4) is 0 Å². The number of H-pyrrole nitrogens is 1. The monoisotopic (exact) mass is 210 g/mol. The van der Waals surface area contributed by atoms with Gasteiger partial charge in [0.1, 0.15) is 19.0 Å². The second-order valence-corrected chi connectivity index (χ2v) is 3.06. The van der Waals surface area contributed by atoms with Crippen LogP contribution in [-0.2, 0) is 20.9 Å². The Kier molecular flexibility index (Phi) is 2.48. The van der Waals surface area contributed by atoms with Crippen LogP contribution >= 0.6 is 0 Å². The fraction of sp³-hybridized carbons (Fsp3) is 0.375. The number of morpholine rings is 1. The maximum absolute atomic E-state index is 11.5. The molecular weight excluding hydrogens is 200 g/mol. The van der Waals surface area contributed by atoms with Crippen LogP contribution in [0.1, 0.15) is 5.56 Å². The van der Waals surface area contributed by atoms with E-state index in [1.807, 2.05) is 0 Å². The van der Waals surface area contributed by atoms with Gasteiger partial charge in [0.15, 0.2) is 0 Å². The predicted octanol–water partition coefficient (Wildman–Crippen LogP) is -1.24. The largest absolute Gasteiger partial charge is 0.362 e. The summed E-state index contributed by atoms with van der Waals surface area (Å²) in [5.41, 5.74) is 6.08. The molecule has 2 rings (SSSR count). The van der Waals surface area contributed by atoms with E-state index in [2.05, 4.69) is 10.2 Å². The van der Waals surface area contributed by atoms with Crippen LogP contribution in [-0.4, -0.2) is 35.2 Å². The van der Waals surface area contributed by atoms with Gasteiger partial charge in [-0.05, 0) is 0 Å². The molecular formula is C8H10N4O3. The molecule has 0 aliphatic carbocycles. The number of carbonyl (C=O) groups is 2. The number of anilines is 1. The molecule has 2 amide bonds. The molecule has 0 unspecified atom stereocenters. The third-order valence-electron chi connectivity index (χ3n) is 2.09. The number of hydrogen-bond donors (Lipinski definition) is 2. The third-order valence-corrected chi connectivity index (χ3v) is 2.09. The van der Waals surface area contributed by atoms with Crippen molar-refractivity contribution in [3.8, 4) is 0 Å². The summed E-state index contributed by atoms with van der Waals surface area (Å²) in [6.45, 7) is 0.00724. The molecule has 7 nitrogen and oxygen atoms in total. The summed E-state index contributed by atoms with van der Waals surface area (Å²) >= 11 is 0. The van der Waals surface area contributed by atoms with Gasteiger partial charge in [-0.1, -0.05) is 0 Å². The van der Waals surface area contributed by atoms with Gasteiger partial charge in [-0.15, -0.1) is 0 Å². The van der Waals surface area contributed by atoms with Crippen molar-refractivity contribution in [1.82, 2.24) is 10.2 Å². The Balaban J connectivity index is 2.35. The summed E-state index contributed by atoms with van der Waals surface area (Å²) in [5.74, 6) is -0.480. The van der Waals surface area contributed by atoms with Crippen molar-refractivity contribution in [2.45, 2.75) is 6.54 Å². The minimum atomic E-state index is -0.412. The van der Waals surface area contributed by atoms with Crippen LogP contribution in [0.4, 0.5) is 5.82 Å². The molecule has 0 atom stereocenters. The number of amides is 2. The zero-order valence-corrected chi connectivity index (χ0v) is 7.90. The molecule has 0 radical (unpaired) electrons. The van der Waals surface area contributed by atoms with Gasteiger partial charge in [0.2, 0.25) is 0 Å². The molecule has 0 spiro atoms. The molecule has 2 heterocycles. The zero-order valence-electron chi connectivity index (χ0n) is 7.90. The number of nitrogens with one attached hydrogen (secondary N) is 1. The zero-order chi connectivity index (χ0) is 10.8. The summed E-state index contributed by atoms with van der Waals surface area (Å²) in [5, 5.41) is 6.33. The lowest BCUT2D eigenvalue weighted by atomic mass is 10.3. The SMILES string of the molecule is NCc1cn[nH]c1N1C(=O)COCC1=O. The summed E-state index contributed by atoms with van der Waals surface area (Å²) in [6.07, 6.45) is 1.49. The molecule has 1 aromatic heterocycles. The van der Waals surface area contributed by atoms with Crippen LogP contribution in [0.25, 0.3) is 0 Å². The van der Waals surface area contributed by atoms with Crippen LogP contribution in [0, 0.1) is 0 Å². The first kappa shape index (κ1) is 9.81. The third kappa shape index (κ3) is 1.62. The number of rotatable bonds is 2. The van der Waals surface area contributed by atoms with Crippen molar-refractivity contribution in [1.29, 1.82) is 0 Å².